The first-order valence-electron chi connectivity index (χ1n) is 3.27. The highest BCUT2D eigenvalue weighted by Gasteiger charge is 2.26. The van der Waals surface area contributed by atoms with E-state index < -0.39 is 0 Å². The number of hydrogen-bond donors (Lipinski definition) is 0. The minimum atomic E-state index is 0.667. The zero-order valence-corrected chi connectivity index (χ0v) is 5.57. The third kappa shape index (κ3) is 1.26. The van der Waals surface area contributed by atoms with E-state index >= 15 is 0 Å². The molecule has 0 saturated heterocycles. The van der Waals surface area contributed by atoms with Crippen LogP contribution in [0.4, 0.5) is 0 Å². The molecule has 1 atom stereocenters. The van der Waals surface area contributed by atoms with Crippen LogP contribution in [0.15, 0.2) is 0 Å². The monoisotopic (exact) mass is 108 g/mol. The van der Waals surface area contributed by atoms with Crippen LogP contribution < -0.4 is 0 Å². The van der Waals surface area contributed by atoms with Crippen molar-refractivity contribution in [1.82, 2.24) is 0 Å². The Morgan fingerprint density at radius 3 is 2.50 bits per heavy atom. The molecule has 8 heavy (non-hydrogen) atoms. The van der Waals surface area contributed by atoms with E-state index in [0.717, 1.165) is 5.92 Å². The summed E-state index contributed by atoms with van der Waals surface area (Å²) in [5, 5.41) is 0. The Morgan fingerprint density at radius 2 is 2.12 bits per heavy atom. The molecule has 0 heteroatoms. The van der Waals surface area contributed by atoms with E-state index in [2.05, 4.69) is 18.8 Å². The van der Waals surface area contributed by atoms with Crippen LogP contribution in [0, 0.1) is 23.7 Å². The van der Waals surface area contributed by atoms with Gasteiger partial charge in [-0.3, -0.25) is 0 Å². The highest BCUT2D eigenvalue weighted by atomic mass is 14.3. The van der Waals surface area contributed by atoms with Crippen molar-refractivity contribution in [3.05, 3.63) is 0 Å². The van der Waals surface area contributed by atoms with Crippen molar-refractivity contribution in [2.45, 2.75) is 26.7 Å². The highest BCUT2D eigenvalue weighted by molar-refractivity contribution is 5.04. The SMILES string of the molecule is CC#CC(C)C1CC1. The molecule has 0 radical (unpaired) electrons. The summed E-state index contributed by atoms with van der Waals surface area (Å²) in [6.07, 6.45) is 2.83. The fourth-order valence-corrected chi connectivity index (χ4v) is 0.942. The Morgan fingerprint density at radius 1 is 1.50 bits per heavy atom. The van der Waals surface area contributed by atoms with Crippen molar-refractivity contribution >= 4 is 0 Å². The Kier molecular flexibility index (Phi) is 1.58. The fraction of sp³-hybridized carbons (Fsp3) is 0.750. The molecule has 0 bridgehead atoms. The molecule has 0 amide bonds. The molecule has 0 heterocycles. The van der Waals surface area contributed by atoms with Gasteiger partial charge in [0, 0.05) is 5.92 Å². The first-order valence-corrected chi connectivity index (χ1v) is 3.27. The van der Waals surface area contributed by atoms with Gasteiger partial charge in [0.25, 0.3) is 0 Å². The van der Waals surface area contributed by atoms with Crippen molar-refractivity contribution in [2.24, 2.45) is 11.8 Å². The van der Waals surface area contributed by atoms with E-state index in [1.807, 2.05) is 6.92 Å². The van der Waals surface area contributed by atoms with Crippen LogP contribution in [0.3, 0.4) is 0 Å². The third-order valence-electron chi connectivity index (χ3n) is 1.70. The average Bonchev–Trinajstić information content (AvgIpc) is 2.45. The minimum Gasteiger partial charge on any atom is -0.106 e. The van der Waals surface area contributed by atoms with E-state index in [-0.39, 0.29) is 0 Å². The van der Waals surface area contributed by atoms with Gasteiger partial charge in [-0.2, -0.15) is 0 Å². The third-order valence-corrected chi connectivity index (χ3v) is 1.70. The molecule has 1 rings (SSSR count). The van der Waals surface area contributed by atoms with Crippen molar-refractivity contribution in [2.75, 3.05) is 0 Å². The normalized spacial score (nSPS) is 21.2. The summed E-state index contributed by atoms with van der Waals surface area (Å²) in [6, 6.07) is 0. The lowest BCUT2D eigenvalue weighted by molar-refractivity contribution is 0.650. The van der Waals surface area contributed by atoms with E-state index in [4.69, 9.17) is 0 Å². The van der Waals surface area contributed by atoms with Crippen LogP contribution in [0.1, 0.15) is 26.7 Å². The van der Waals surface area contributed by atoms with Crippen molar-refractivity contribution in [3.8, 4) is 11.8 Å². The lowest BCUT2D eigenvalue weighted by Crippen LogP contribution is -1.90. The largest absolute Gasteiger partial charge is 0.106 e. The van der Waals surface area contributed by atoms with Gasteiger partial charge in [-0.15, -0.1) is 11.8 Å². The van der Waals surface area contributed by atoms with E-state index in [1.165, 1.54) is 12.8 Å². The predicted molar refractivity (Wildman–Crippen MR) is 35.3 cm³/mol. The molecule has 1 fully saturated rings. The summed E-state index contributed by atoms with van der Waals surface area (Å²) >= 11 is 0. The van der Waals surface area contributed by atoms with Gasteiger partial charge in [0.15, 0.2) is 0 Å². The van der Waals surface area contributed by atoms with Gasteiger partial charge >= 0.3 is 0 Å². The maximum atomic E-state index is 3.16. The van der Waals surface area contributed by atoms with Gasteiger partial charge in [-0.05, 0) is 25.7 Å². The predicted octanol–water partition coefficient (Wildman–Crippen LogP) is 2.06. The number of hydrogen-bond acceptors (Lipinski definition) is 0. The van der Waals surface area contributed by atoms with Crippen LogP contribution in [-0.2, 0) is 0 Å². The van der Waals surface area contributed by atoms with Gasteiger partial charge in [0.2, 0.25) is 0 Å². The zero-order chi connectivity index (χ0) is 5.98. The second-order valence-electron chi connectivity index (χ2n) is 2.52. The zero-order valence-electron chi connectivity index (χ0n) is 5.57. The molecule has 0 aromatic carbocycles. The molecule has 1 aliphatic carbocycles. The lowest BCUT2D eigenvalue weighted by Gasteiger charge is -1.95. The molecule has 1 unspecified atom stereocenters. The summed E-state index contributed by atoms with van der Waals surface area (Å²) in [5.41, 5.74) is 0. The molecule has 0 aliphatic heterocycles. The first kappa shape index (κ1) is 5.69. The van der Waals surface area contributed by atoms with Crippen LogP contribution >= 0.6 is 0 Å². The molecular weight excluding hydrogens is 96.1 g/mol. The van der Waals surface area contributed by atoms with Crippen molar-refractivity contribution < 1.29 is 0 Å². The Hall–Kier alpha value is -0.440. The first-order chi connectivity index (χ1) is 3.84. The van der Waals surface area contributed by atoms with Gasteiger partial charge in [-0.1, -0.05) is 6.92 Å². The number of rotatable bonds is 1. The Bertz CT molecular complexity index is 121. The van der Waals surface area contributed by atoms with Crippen LogP contribution in [0.2, 0.25) is 0 Å². The van der Waals surface area contributed by atoms with Crippen LogP contribution in [0.5, 0.6) is 0 Å². The average molecular weight is 108 g/mol. The standard InChI is InChI=1S/C8H12/c1-3-4-7(2)8-5-6-8/h7-8H,5-6H2,1-2H3. The summed E-state index contributed by atoms with van der Waals surface area (Å²) < 4.78 is 0. The maximum absolute atomic E-state index is 3.16. The molecule has 0 aromatic heterocycles. The van der Waals surface area contributed by atoms with Crippen molar-refractivity contribution in [1.29, 1.82) is 0 Å². The van der Waals surface area contributed by atoms with Gasteiger partial charge < -0.3 is 0 Å². The fourth-order valence-electron chi connectivity index (χ4n) is 0.942. The van der Waals surface area contributed by atoms with E-state index in [9.17, 15) is 0 Å². The molecule has 0 N–H and O–H groups in total. The second kappa shape index (κ2) is 2.22. The molecule has 1 saturated carbocycles. The topological polar surface area (TPSA) is 0 Å². The molecular formula is C8H12. The lowest BCUT2D eigenvalue weighted by atomic mass is 10.1. The van der Waals surface area contributed by atoms with E-state index in [1.54, 1.807) is 0 Å². The molecule has 44 valence electrons. The van der Waals surface area contributed by atoms with Gasteiger partial charge in [-0.25, -0.2) is 0 Å². The maximum Gasteiger partial charge on any atom is 0.0202 e. The summed E-state index contributed by atoms with van der Waals surface area (Å²) in [6.45, 7) is 4.13. The quantitative estimate of drug-likeness (QED) is 0.451. The van der Waals surface area contributed by atoms with Crippen LogP contribution in [0.25, 0.3) is 0 Å². The molecule has 0 nitrogen and oxygen atoms in total. The second-order valence-corrected chi connectivity index (χ2v) is 2.52. The van der Waals surface area contributed by atoms with Gasteiger partial charge in [0.1, 0.15) is 0 Å². The summed E-state index contributed by atoms with van der Waals surface area (Å²) in [5.74, 6) is 7.71. The molecule has 0 aromatic rings. The highest BCUT2D eigenvalue weighted by Crippen LogP contribution is 2.35. The smallest absolute Gasteiger partial charge is 0.0202 e. The summed E-state index contributed by atoms with van der Waals surface area (Å²) in [7, 11) is 0. The van der Waals surface area contributed by atoms with Crippen molar-refractivity contribution in [3.63, 3.8) is 0 Å². The Labute approximate surface area is 51.3 Å². The summed E-state index contributed by atoms with van der Waals surface area (Å²) in [4.78, 5) is 0. The van der Waals surface area contributed by atoms with Crippen LogP contribution in [-0.4, -0.2) is 0 Å². The van der Waals surface area contributed by atoms with Gasteiger partial charge in [0.05, 0.1) is 0 Å². The molecule has 0 spiro atoms. The Balaban J connectivity index is 2.29. The molecule has 1 aliphatic rings. The van der Waals surface area contributed by atoms with E-state index in [0.29, 0.717) is 5.92 Å². The minimum absolute atomic E-state index is 0.667.